The van der Waals surface area contributed by atoms with Gasteiger partial charge in [-0.1, -0.05) is 24.3 Å². The summed E-state index contributed by atoms with van der Waals surface area (Å²) in [6.45, 7) is 2.40. The van der Waals surface area contributed by atoms with Crippen LogP contribution in [0, 0.1) is 5.92 Å². The Kier molecular flexibility index (Phi) is 2.33. The van der Waals surface area contributed by atoms with Crippen LogP contribution < -0.4 is 5.73 Å². The van der Waals surface area contributed by atoms with Gasteiger partial charge in [0.25, 0.3) is 0 Å². The molecule has 0 aliphatic heterocycles. The van der Waals surface area contributed by atoms with Gasteiger partial charge in [-0.25, -0.2) is 0 Å². The molecule has 2 heteroatoms. The van der Waals surface area contributed by atoms with Crippen LogP contribution in [0.1, 0.15) is 30.9 Å². The first-order chi connectivity index (χ1) is 6.66. The van der Waals surface area contributed by atoms with E-state index in [-0.39, 0.29) is 0 Å². The van der Waals surface area contributed by atoms with Gasteiger partial charge in [0.2, 0.25) is 0 Å². The summed E-state index contributed by atoms with van der Waals surface area (Å²) in [5.74, 6) is 0.426. The summed E-state index contributed by atoms with van der Waals surface area (Å²) in [6.07, 6.45) is 2.26. The van der Waals surface area contributed by atoms with Crippen LogP contribution in [0.15, 0.2) is 24.3 Å². The van der Waals surface area contributed by atoms with Crippen LogP contribution in [0.4, 0.5) is 0 Å². The van der Waals surface area contributed by atoms with E-state index in [0.717, 1.165) is 24.0 Å². The molecular formula is C12H17NO. The second-order valence-corrected chi connectivity index (χ2v) is 4.28. The summed E-state index contributed by atoms with van der Waals surface area (Å²) in [6, 6.07) is 7.91. The predicted molar refractivity (Wildman–Crippen MR) is 56.6 cm³/mol. The maximum atomic E-state index is 10.4. The lowest BCUT2D eigenvalue weighted by molar-refractivity contribution is 0.0322. The van der Waals surface area contributed by atoms with Crippen molar-refractivity contribution in [3.63, 3.8) is 0 Å². The van der Waals surface area contributed by atoms with E-state index in [0.29, 0.717) is 12.5 Å². The van der Waals surface area contributed by atoms with Crippen LogP contribution in [0.5, 0.6) is 0 Å². The summed E-state index contributed by atoms with van der Waals surface area (Å²) in [7, 11) is 0. The first-order valence-corrected chi connectivity index (χ1v) is 5.17. The van der Waals surface area contributed by atoms with Gasteiger partial charge in [-0.3, -0.25) is 0 Å². The quantitative estimate of drug-likeness (QED) is 0.764. The molecule has 76 valence electrons. The molecule has 0 amide bonds. The average molecular weight is 191 g/mol. The minimum Gasteiger partial charge on any atom is -0.385 e. The van der Waals surface area contributed by atoms with Crippen LogP contribution in [0.2, 0.25) is 0 Å². The number of rotatable bonds is 3. The molecule has 1 fully saturated rings. The van der Waals surface area contributed by atoms with Gasteiger partial charge < -0.3 is 10.8 Å². The second-order valence-electron chi connectivity index (χ2n) is 4.28. The third-order valence-corrected chi connectivity index (χ3v) is 3.15. The molecule has 0 heterocycles. The fraction of sp³-hybridized carbons (Fsp3) is 0.500. The molecule has 1 atom stereocenters. The van der Waals surface area contributed by atoms with Crippen LogP contribution in [0.3, 0.4) is 0 Å². The maximum Gasteiger partial charge on any atom is 0.0899 e. The van der Waals surface area contributed by atoms with Crippen molar-refractivity contribution in [1.82, 2.24) is 0 Å². The lowest BCUT2D eigenvalue weighted by Crippen LogP contribution is -2.26. The molecule has 1 unspecified atom stereocenters. The van der Waals surface area contributed by atoms with Crippen molar-refractivity contribution in [2.75, 3.05) is 0 Å². The Morgan fingerprint density at radius 1 is 1.43 bits per heavy atom. The highest BCUT2D eigenvalue weighted by molar-refractivity contribution is 5.33. The molecule has 0 aromatic heterocycles. The van der Waals surface area contributed by atoms with E-state index < -0.39 is 5.60 Å². The van der Waals surface area contributed by atoms with E-state index in [2.05, 4.69) is 0 Å². The number of benzene rings is 1. The van der Waals surface area contributed by atoms with Gasteiger partial charge in [-0.05, 0) is 36.8 Å². The van der Waals surface area contributed by atoms with E-state index in [4.69, 9.17) is 5.73 Å². The molecule has 2 nitrogen and oxygen atoms in total. The highest BCUT2D eigenvalue weighted by Crippen LogP contribution is 2.46. The highest BCUT2D eigenvalue weighted by atomic mass is 16.3. The highest BCUT2D eigenvalue weighted by Gasteiger charge is 2.41. The topological polar surface area (TPSA) is 46.2 Å². The predicted octanol–water partition coefficient (Wildman–Crippen LogP) is 1.76. The average Bonchev–Trinajstić information content (AvgIpc) is 3.01. The van der Waals surface area contributed by atoms with Crippen LogP contribution in [-0.4, -0.2) is 5.11 Å². The molecule has 1 saturated carbocycles. The summed E-state index contributed by atoms with van der Waals surface area (Å²) in [4.78, 5) is 0. The Morgan fingerprint density at radius 2 is 2.07 bits per heavy atom. The largest absolute Gasteiger partial charge is 0.385 e. The normalized spacial score (nSPS) is 20.5. The second kappa shape index (κ2) is 3.37. The van der Waals surface area contributed by atoms with E-state index in [1.165, 1.54) is 0 Å². The van der Waals surface area contributed by atoms with E-state index >= 15 is 0 Å². The van der Waals surface area contributed by atoms with Gasteiger partial charge in [0.1, 0.15) is 0 Å². The third-order valence-electron chi connectivity index (χ3n) is 3.15. The van der Waals surface area contributed by atoms with E-state index in [1.807, 2.05) is 31.2 Å². The smallest absolute Gasteiger partial charge is 0.0899 e. The molecule has 0 spiro atoms. The molecule has 1 aliphatic rings. The Labute approximate surface area is 84.7 Å². The van der Waals surface area contributed by atoms with Gasteiger partial charge in [0.05, 0.1) is 5.60 Å². The fourth-order valence-corrected chi connectivity index (χ4v) is 2.06. The molecule has 1 aromatic carbocycles. The molecule has 1 aliphatic carbocycles. The Hall–Kier alpha value is -0.860. The van der Waals surface area contributed by atoms with Gasteiger partial charge in [0.15, 0.2) is 0 Å². The summed E-state index contributed by atoms with van der Waals surface area (Å²) < 4.78 is 0. The Morgan fingerprint density at radius 3 is 2.64 bits per heavy atom. The first kappa shape index (κ1) is 9.69. The Balaban J connectivity index is 2.38. The molecular weight excluding hydrogens is 174 g/mol. The van der Waals surface area contributed by atoms with Crippen LogP contribution in [0.25, 0.3) is 0 Å². The molecule has 0 radical (unpaired) electrons. The Bertz CT molecular complexity index is 329. The minimum atomic E-state index is -0.685. The van der Waals surface area contributed by atoms with Crippen molar-refractivity contribution in [2.24, 2.45) is 11.7 Å². The maximum absolute atomic E-state index is 10.4. The molecule has 1 aromatic rings. The zero-order valence-corrected chi connectivity index (χ0v) is 8.53. The molecule has 0 saturated heterocycles. The van der Waals surface area contributed by atoms with Crippen LogP contribution in [-0.2, 0) is 12.1 Å². The minimum absolute atomic E-state index is 0.426. The molecule has 0 bridgehead atoms. The standard InChI is InChI=1S/C12H17NO/c1-12(14,10-6-7-10)11-5-3-2-4-9(11)8-13/h2-5,10,14H,6-8,13H2,1H3. The SMILES string of the molecule is CC(O)(c1ccccc1CN)C1CC1. The zero-order valence-electron chi connectivity index (χ0n) is 8.53. The van der Waals surface area contributed by atoms with Crippen molar-refractivity contribution >= 4 is 0 Å². The van der Waals surface area contributed by atoms with Gasteiger partial charge in [0, 0.05) is 6.54 Å². The van der Waals surface area contributed by atoms with Crippen molar-refractivity contribution in [2.45, 2.75) is 31.9 Å². The van der Waals surface area contributed by atoms with Gasteiger partial charge in [-0.2, -0.15) is 0 Å². The summed E-state index contributed by atoms with van der Waals surface area (Å²) in [5, 5.41) is 10.4. The van der Waals surface area contributed by atoms with Gasteiger partial charge in [-0.15, -0.1) is 0 Å². The van der Waals surface area contributed by atoms with Crippen molar-refractivity contribution in [3.05, 3.63) is 35.4 Å². The van der Waals surface area contributed by atoms with Gasteiger partial charge >= 0.3 is 0 Å². The van der Waals surface area contributed by atoms with Crippen molar-refractivity contribution in [1.29, 1.82) is 0 Å². The third kappa shape index (κ3) is 1.56. The first-order valence-electron chi connectivity index (χ1n) is 5.17. The summed E-state index contributed by atoms with van der Waals surface area (Å²) in [5.41, 5.74) is 7.04. The number of hydrogen-bond donors (Lipinski definition) is 2. The lowest BCUT2D eigenvalue weighted by Gasteiger charge is -2.26. The number of aliphatic hydroxyl groups is 1. The molecule has 2 rings (SSSR count). The number of hydrogen-bond acceptors (Lipinski definition) is 2. The van der Waals surface area contributed by atoms with Crippen molar-refractivity contribution in [3.8, 4) is 0 Å². The fourth-order valence-electron chi connectivity index (χ4n) is 2.06. The van der Waals surface area contributed by atoms with E-state index in [9.17, 15) is 5.11 Å². The molecule has 3 N–H and O–H groups in total. The van der Waals surface area contributed by atoms with Crippen molar-refractivity contribution < 1.29 is 5.11 Å². The molecule has 14 heavy (non-hydrogen) atoms. The van der Waals surface area contributed by atoms with E-state index in [1.54, 1.807) is 0 Å². The monoisotopic (exact) mass is 191 g/mol. The summed E-state index contributed by atoms with van der Waals surface area (Å²) >= 11 is 0. The lowest BCUT2D eigenvalue weighted by atomic mass is 9.87. The van der Waals surface area contributed by atoms with Crippen LogP contribution >= 0.6 is 0 Å². The zero-order chi connectivity index (χ0) is 10.2. The number of nitrogens with two attached hydrogens (primary N) is 1.